The van der Waals surface area contributed by atoms with Crippen molar-refractivity contribution >= 4 is 17.2 Å². The van der Waals surface area contributed by atoms with Gasteiger partial charge in [0.15, 0.2) is 0 Å². The molecule has 2 heterocycles. The summed E-state index contributed by atoms with van der Waals surface area (Å²) < 4.78 is 0. The van der Waals surface area contributed by atoms with Crippen LogP contribution in [-0.4, -0.2) is 16.7 Å². The SMILES string of the molecule is Cc1ccc(NCC(C)(C)c2cccs2)nn1. The van der Waals surface area contributed by atoms with E-state index in [0.717, 1.165) is 18.1 Å². The summed E-state index contributed by atoms with van der Waals surface area (Å²) in [6.07, 6.45) is 0. The number of thiophene rings is 1. The van der Waals surface area contributed by atoms with E-state index < -0.39 is 0 Å². The van der Waals surface area contributed by atoms with Gasteiger partial charge in [0, 0.05) is 16.8 Å². The maximum absolute atomic E-state index is 4.10. The Labute approximate surface area is 106 Å². The fraction of sp³-hybridized carbons (Fsp3) is 0.385. The Bertz CT molecular complexity index is 460. The molecule has 0 aromatic carbocycles. The summed E-state index contributed by atoms with van der Waals surface area (Å²) in [5, 5.41) is 13.6. The normalized spacial score (nSPS) is 11.5. The van der Waals surface area contributed by atoms with Crippen LogP contribution in [-0.2, 0) is 5.41 Å². The standard InChI is InChI=1S/C13H17N3S/c1-10-6-7-12(16-15-10)14-9-13(2,3)11-5-4-8-17-11/h4-8H,9H2,1-3H3,(H,14,16). The van der Waals surface area contributed by atoms with E-state index in [2.05, 4.69) is 46.9 Å². The predicted octanol–water partition coefficient (Wildman–Crippen LogP) is 3.24. The van der Waals surface area contributed by atoms with E-state index in [4.69, 9.17) is 0 Å². The number of hydrogen-bond donors (Lipinski definition) is 1. The number of hydrogen-bond acceptors (Lipinski definition) is 4. The van der Waals surface area contributed by atoms with Crippen molar-refractivity contribution in [1.82, 2.24) is 10.2 Å². The van der Waals surface area contributed by atoms with Crippen LogP contribution < -0.4 is 5.32 Å². The summed E-state index contributed by atoms with van der Waals surface area (Å²) in [5.74, 6) is 0.834. The molecule has 0 saturated heterocycles. The molecule has 2 aromatic heterocycles. The van der Waals surface area contributed by atoms with Gasteiger partial charge in [-0.05, 0) is 30.5 Å². The monoisotopic (exact) mass is 247 g/mol. The molecule has 1 N–H and O–H groups in total. The third kappa shape index (κ3) is 3.03. The summed E-state index contributed by atoms with van der Waals surface area (Å²) in [4.78, 5) is 1.38. The van der Waals surface area contributed by atoms with Crippen molar-refractivity contribution in [1.29, 1.82) is 0 Å². The van der Waals surface area contributed by atoms with Crippen LogP contribution in [0.3, 0.4) is 0 Å². The zero-order valence-electron chi connectivity index (χ0n) is 10.4. The van der Waals surface area contributed by atoms with Gasteiger partial charge in [0.05, 0.1) is 5.69 Å². The van der Waals surface area contributed by atoms with E-state index in [1.807, 2.05) is 19.1 Å². The van der Waals surface area contributed by atoms with Crippen LogP contribution in [0, 0.1) is 6.92 Å². The van der Waals surface area contributed by atoms with E-state index in [-0.39, 0.29) is 5.41 Å². The van der Waals surface area contributed by atoms with E-state index in [0.29, 0.717) is 0 Å². The van der Waals surface area contributed by atoms with E-state index >= 15 is 0 Å². The Morgan fingerprint density at radius 3 is 2.65 bits per heavy atom. The smallest absolute Gasteiger partial charge is 0.148 e. The largest absolute Gasteiger partial charge is 0.368 e. The van der Waals surface area contributed by atoms with Gasteiger partial charge in [0.1, 0.15) is 5.82 Å². The van der Waals surface area contributed by atoms with Crippen LogP contribution >= 0.6 is 11.3 Å². The first-order chi connectivity index (χ1) is 8.08. The van der Waals surface area contributed by atoms with Gasteiger partial charge in [-0.15, -0.1) is 16.4 Å². The highest BCUT2D eigenvalue weighted by Gasteiger charge is 2.21. The van der Waals surface area contributed by atoms with Crippen molar-refractivity contribution in [2.45, 2.75) is 26.2 Å². The quantitative estimate of drug-likeness (QED) is 0.901. The second-order valence-electron chi connectivity index (χ2n) is 4.77. The molecular formula is C13H17N3S. The van der Waals surface area contributed by atoms with Crippen molar-refractivity contribution in [3.63, 3.8) is 0 Å². The van der Waals surface area contributed by atoms with Gasteiger partial charge in [-0.25, -0.2) is 0 Å². The summed E-state index contributed by atoms with van der Waals surface area (Å²) in [5.41, 5.74) is 1.05. The fourth-order valence-electron chi connectivity index (χ4n) is 1.56. The van der Waals surface area contributed by atoms with Crippen LogP contribution in [0.2, 0.25) is 0 Å². The fourth-order valence-corrected chi connectivity index (χ4v) is 2.41. The van der Waals surface area contributed by atoms with E-state index in [9.17, 15) is 0 Å². The molecule has 0 unspecified atom stereocenters. The molecule has 0 spiro atoms. The molecule has 0 aliphatic carbocycles. The van der Waals surface area contributed by atoms with Crippen molar-refractivity contribution in [2.24, 2.45) is 0 Å². The van der Waals surface area contributed by atoms with Gasteiger partial charge in [0.25, 0.3) is 0 Å². The van der Waals surface area contributed by atoms with Crippen LogP contribution in [0.5, 0.6) is 0 Å². The molecule has 0 aliphatic heterocycles. The third-order valence-electron chi connectivity index (χ3n) is 2.70. The minimum absolute atomic E-state index is 0.112. The number of aryl methyl sites for hydroxylation is 1. The second-order valence-corrected chi connectivity index (χ2v) is 5.72. The minimum Gasteiger partial charge on any atom is -0.368 e. The number of aromatic nitrogens is 2. The van der Waals surface area contributed by atoms with Crippen molar-refractivity contribution in [3.8, 4) is 0 Å². The molecule has 0 radical (unpaired) electrons. The molecule has 4 heteroatoms. The van der Waals surface area contributed by atoms with Gasteiger partial charge in [-0.2, -0.15) is 5.10 Å². The van der Waals surface area contributed by atoms with Crippen LogP contribution in [0.4, 0.5) is 5.82 Å². The van der Waals surface area contributed by atoms with Crippen molar-refractivity contribution in [3.05, 3.63) is 40.2 Å². The van der Waals surface area contributed by atoms with Crippen molar-refractivity contribution in [2.75, 3.05) is 11.9 Å². The number of anilines is 1. The molecule has 0 fully saturated rings. The zero-order chi connectivity index (χ0) is 12.3. The predicted molar refractivity (Wildman–Crippen MR) is 72.6 cm³/mol. The second kappa shape index (κ2) is 4.84. The van der Waals surface area contributed by atoms with Gasteiger partial charge >= 0.3 is 0 Å². The van der Waals surface area contributed by atoms with Gasteiger partial charge in [-0.1, -0.05) is 19.9 Å². The van der Waals surface area contributed by atoms with E-state index in [1.54, 1.807) is 11.3 Å². The average molecular weight is 247 g/mol. The molecule has 2 rings (SSSR count). The first-order valence-corrected chi connectivity index (χ1v) is 6.54. The highest BCUT2D eigenvalue weighted by atomic mass is 32.1. The van der Waals surface area contributed by atoms with Gasteiger partial charge in [-0.3, -0.25) is 0 Å². The topological polar surface area (TPSA) is 37.8 Å². The van der Waals surface area contributed by atoms with Crippen LogP contribution in [0.25, 0.3) is 0 Å². The third-order valence-corrected chi connectivity index (χ3v) is 3.93. The van der Waals surface area contributed by atoms with Gasteiger partial charge < -0.3 is 5.32 Å². The lowest BCUT2D eigenvalue weighted by atomic mass is 9.91. The Balaban J connectivity index is 2.00. The molecule has 3 nitrogen and oxygen atoms in total. The molecule has 17 heavy (non-hydrogen) atoms. The number of rotatable bonds is 4. The highest BCUT2D eigenvalue weighted by Crippen LogP contribution is 2.27. The lowest BCUT2D eigenvalue weighted by molar-refractivity contribution is 0.567. The minimum atomic E-state index is 0.112. The summed E-state index contributed by atoms with van der Waals surface area (Å²) in [6, 6.07) is 8.20. The first-order valence-electron chi connectivity index (χ1n) is 5.66. The van der Waals surface area contributed by atoms with E-state index in [1.165, 1.54) is 4.88 Å². The maximum atomic E-state index is 4.10. The molecule has 2 aromatic rings. The Hall–Kier alpha value is -1.42. The Morgan fingerprint density at radius 2 is 2.06 bits per heavy atom. The Kier molecular flexibility index (Phi) is 3.43. The molecule has 0 amide bonds. The summed E-state index contributed by atoms with van der Waals surface area (Å²) in [7, 11) is 0. The number of nitrogens with one attached hydrogen (secondary N) is 1. The lowest BCUT2D eigenvalue weighted by Gasteiger charge is -2.23. The van der Waals surface area contributed by atoms with Crippen molar-refractivity contribution < 1.29 is 0 Å². The zero-order valence-corrected chi connectivity index (χ0v) is 11.2. The Morgan fingerprint density at radius 1 is 1.24 bits per heavy atom. The van der Waals surface area contributed by atoms with Crippen LogP contribution in [0.1, 0.15) is 24.4 Å². The molecule has 0 bridgehead atoms. The molecular weight excluding hydrogens is 230 g/mol. The number of nitrogens with zero attached hydrogens (tertiary/aromatic N) is 2. The van der Waals surface area contributed by atoms with Gasteiger partial charge in [0.2, 0.25) is 0 Å². The average Bonchev–Trinajstić information content (AvgIpc) is 2.82. The van der Waals surface area contributed by atoms with Crippen LogP contribution in [0.15, 0.2) is 29.6 Å². The highest BCUT2D eigenvalue weighted by molar-refractivity contribution is 7.10. The molecule has 0 atom stereocenters. The summed E-state index contributed by atoms with van der Waals surface area (Å²) >= 11 is 1.79. The maximum Gasteiger partial charge on any atom is 0.148 e. The molecule has 0 saturated carbocycles. The first kappa shape index (κ1) is 12.0. The summed E-state index contributed by atoms with van der Waals surface area (Å²) in [6.45, 7) is 7.25. The molecule has 90 valence electrons. The lowest BCUT2D eigenvalue weighted by Crippen LogP contribution is -2.26. The molecule has 0 aliphatic rings.